The zero-order valence-electron chi connectivity index (χ0n) is 8.79. The Morgan fingerprint density at radius 1 is 1.14 bits per heavy atom. The second kappa shape index (κ2) is 3.68. The van der Waals surface area contributed by atoms with Crippen molar-refractivity contribution in [1.29, 1.82) is 0 Å². The number of nitrogens with zero attached hydrogens (tertiary/aromatic N) is 1. The van der Waals surface area contributed by atoms with Gasteiger partial charge in [-0.3, -0.25) is 0 Å². The van der Waals surface area contributed by atoms with Crippen LogP contribution < -0.4 is 0 Å². The van der Waals surface area contributed by atoms with Gasteiger partial charge in [-0.1, -0.05) is 6.42 Å². The average Bonchev–Trinajstić information content (AvgIpc) is 2.71. The molecule has 0 N–H and O–H groups in total. The maximum Gasteiger partial charge on any atom is 0.0276 e. The first-order valence-corrected chi connectivity index (χ1v) is 6.67. The van der Waals surface area contributed by atoms with E-state index in [-0.39, 0.29) is 0 Å². The molecular formula is C12H20ClN. The summed E-state index contributed by atoms with van der Waals surface area (Å²) in [6.07, 6.45) is 6.15. The van der Waals surface area contributed by atoms with E-state index < -0.39 is 0 Å². The van der Waals surface area contributed by atoms with Crippen LogP contribution in [0, 0.1) is 23.7 Å². The fourth-order valence-electron chi connectivity index (χ4n) is 3.86. The Bertz CT molecular complexity index is 212. The predicted molar refractivity (Wildman–Crippen MR) is 59.6 cm³/mol. The number of hydrogen-bond acceptors (Lipinski definition) is 1. The highest BCUT2D eigenvalue weighted by atomic mass is 35.5. The summed E-state index contributed by atoms with van der Waals surface area (Å²) in [5.41, 5.74) is 0. The molecule has 3 fully saturated rings. The Morgan fingerprint density at radius 2 is 2.00 bits per heavy atom. The molecule has 3 unspecified atom stereocenters. The van der Waals surface area contributed by atoms with E-state index in [4.69, 9.17) is 11.6 Å². The average molecular weight is 214 g/mol. The van der Waals surface area contributed by atoms with Crippen LogP contribution in [0.15, 0.2) is 0 Å². The van der Waals surface area contributed by atoms with Gasteiger partial charge in [0.1, 0.15) is 0 Å². The monoisotopic (exact) mass is 213 g/mol. The van der Waals surface area contributed by atoms with E-state index in [1.807, 2.05) is 0 Å². The number of hydrogen-bond donors (Lipinski definition) is 0. The Balaban J connectivity index is 1.46. The highest BCUT2D eigenvalue weighted by Crippen LogP contribution is 2.48. The summed E-state index contributed by atoms with van der Waals surface area (Å²) in [6, 6.07) is 0. The minimum absolute atomic E-state index is 0.801. The number of halogens is 1. The quantitative estimate of drug-likeness (QED) is 0.652. The Morgan fingerprint density at radius 3 is 2.57 bits per heavy atom. The fourth-order valence-corrected chi connectivity index (χ4v) is 4.05. The van der Waals surface area contributed by atoms with Gasteiger partial charge in [0.25, 0.3) is 0 Å². The van der Waals surface area contributed by atoms with Crippen molar-refractivity contribution in [3.05, 3.63) is 0 Å². The first-order chi connectivity index (χ1) is 6.85. The summed E-state index contributed by atoms with van der Waals surface area (Å²) in [6.45, 7) is 3.93. The van der Waals surface area contributed by atoms with Crippen LogP contribution in [0.4, 0.5) is 0 Å². The minimum Gasteiger partial charge on any atom is -0.302 e. The second-order valence-electron chi connectivity index (χ2n) is 5.67. The molecule has 0 radical (unpaired) electrons. The summed E-state index contributed by atoms with van der Waals surface area (Å²) < 4.78 is 0. The number of alkyl halides is 1. The largest absolute Gasteiger partial charge is 0.302 e. The molecule has 2 aliphatic carbocycles. The molecule has 0 amide bonds. The Hall–Kier alpha value is 0.250. The topological polar surface area (TPSA) is 3.24 Å². The fraction of sp³-hybridized carbons (Fsp3) is 1.00. The number of likely N-dealkylation sites (tertiary alicyclic amines) is 1. The maximum atomic E-state index is 5.82. The summed E-state index contributed by atoms with van der Waals surface area (Å²) in [7, 11) is 0. The van der Waals surface area contributed by atoms with Crippen molar-refractivity contribution >= 4 is 11.6 Å². The van der Waals surface area contributed by atoms with Crippen LogP contribution in [-0.4, -0.2) is 30.4 Å². The minimum atomic E-state index is 0.801. The lowest BCUT2D eigenvalue weighted by Gasteiger charge is -2.41. The van der Waals surface area contributed by atoms with Gasteiger partial charge in [-0.25, -0.2) is 0 Å². The first kappa shape index (κ1) is 9.47. The summed E-state index contributed by atoms with van der Waals surface area (Å²) in [5.74, 6) is 4.91. The lowest BCUT2D eigenvalue weighted by molar-refractivity contribution is 0.0803. The normalized spacial score (nSPS) is 43.1. The molecular weight excluding hydrogens is 194 g/mol. The zero-order chi connectivity index (χ0) is 9.54. The molecule has 1 saturated heterocycles. The molecule has 1 aliphatic heterocycles. The molecule has 2 heteroatoms. The van der Waals surface area contributed by atoms with Crippen molar-refractivity contribution in [3.63, 3.8) is 0 Å². The van der Waals surface area contributed by atoms with Gasteiger partial charge in [-0.2, -0.15) is 0 Å². The third-order valence-electron chi connectivity index (χ3n) is 4.63. The SMILES string of the molecule is ClCC1CN(CC2CC3CCC2C3)C1. The van der Waals surface area contributed by atoms with E-state index >= 15 is 0 Å². The van der Waals surface area contributed by atoms with E-state index in [2.05, 4.69) is 4.90 Å². The molecule has 3 aliphatic rings. The smallest absolute Gasteiger partial charge is 0.0276 e. The van der Waals surface area contributed by atoms with Gasteiger partial charge in [0.05, 0.1) is 0 Å². The van der Waals surface area contributed by atoms with Crippen LogP contribution in [0.1, 0.15) is 25.7 Å². The zero-order valence-corrected chi connectivity index (χ0v) is 9.55. The van der Waals surface area contributed by atoms with E-state index in [9.17, 15) is 0 Å². The molecule has 1 heterocycles. The van der Waals surface area contributed by atoms with E-state index in [0.717, 1.165) is 29.6 Å². The first-order valence-electron chi connectivity index (χ1n) is 6.13. The summed E-state index contributed by atoms with van der Waals surface area (Å²) >= 11 is 5.82. The maximum absolute atomic E-state index is 5.82. The van der Waals surface area contributed by atoms with Crippen LogP contribution in [0.2, 0.25) is 0 Å². The summed E-state index contributed by atoms with van der Waals surface area (Å²) in [4.78, 5) is 2.62. The molecule has 3 rings (SSSR count). The highest BCUT2D eigenvalue weighted by Gasteiger charge is 2.41. The third-order valence-corrected chi connectivity index (χ3v) is 5.06. The van der Waals surface area contributed by atoms with Crippen LogP contribution in [0.3, 0.4) is 0 Å². The molecule has 0 aromatic heterocycles. The highest BCUT2D eigenvalue weighted by molar-refractivity contribution is 6.18. The van der Waals surface area contributed by atoms with Crippen LogP contribution in [-0.2, 0) is 0 Å². The number of fused-ring (bicyclic) bond motifs is 2. The van der Waals surface area contributed by atoms with Crippen molar-refractivity contribution in [2.75, 3.05) is 25.5 Å². The van der Waals surface area contributed by atoms with Crippen LogP contribution in [0.5, 0.6) is 0 Å². The lowest BCUT2D eigenvalue weighted by Crippen LogP contribution is -2.49. The molecule has 14 heavy (non-hydrogen) atoms. The standard InChI is InChI=1S/C12H20ClN/c13-5-10-6-14(7-10)8-12-4-9-1-2-11(12)3-9/h9-12H,1-8H2. The van der Waals surface area contributed by atoms with Gasteiger partial charge in [0.2, 0.25) is 0 Å². The molecule has 1 nitrogen and oxygen atoms in total. The summed E-state index contributed by atoms with van der Waals surface area (Å²) in [5, 5.41) is 0. The van der Waals surface area contributed by atoms with Crippen molar-refractivity contribution in [3.8, 4) is 0 Å². The third kappa shape index (κ3) is 1.59. The second-order valence-corrected chi connectivity index (χ2v) is 5.98. The molecule has 0 aromatic carbocycles. The van der Waals surface area contributed by atoms with E-state index in [1.165, 1.54) is 38.9 Å². The van der Waals surface area contributed by atoms with Crippen molar-refractivity contribution in [2.45, 2.75) is 25.7 Å². The van der Waals surface area contributed by atoms with Crippen molar-refractivity contribution in [1.82, 2.24) is 4.90 Å². The lowest BCUT2D eigenvalue weighted by atomic mass is 9.87. The number of rotatable bonds is 3. The molecule has 3 atom stereocenters. The van der Waals surface area contributed by atoms with E-state index in [0.29, 0.717) is 0 Å². The van der Waals surface area contributed by atoms with Gasteiger partial charge in [-0.05, 0) is 42.9 Å². The Labute approximate surface area is 91.8 Å². The molecule has 80 valence electrons. The van der Waals surface area contributed by atoms with Crippen molar-refractivity contribution < 1.29 is 0 Å². The van der Waals surface area contributed by atoms with Crippen LogP contribution in [0.25, 0.3) is 0 Å². The van der Waals surface area contributed by atoms with Crippen LogP contribution >= 0.6 is 11.6 Å². The van der Waals surface area contributed by atoms with E-state index in [1.54, 1.807) is 6.42 Å². The Kier molecular flexibility index (Phi) is 2.49. The van der Waals surface area contributed by atoms with Gasteiger partial charge in [-0.15, -0.1) is 11.6 Å². The molecule has 2 bridgehead atoms. The molecule has 0 spiro atoms. The van der Waals surface area contributed by atoms with Crippen molar-refractivity contribution in [2.24, 2.45) is 23.7 Å². The molecule has 0 aromatic rings. The van der Waals surface area contributed by atoms with Gasteiger partial charge in [0, 0.05) is 25.5 Å². The molecule has 2 saturated carbocycles. The predicted octanol–water partition coefficient (Wildman–Crippen LogP) is 2.59. The van der Waals surface area contributed by atoms with Gasteiger partial charge in [0.15, 0.2) is 0 Å². The van der Waals surface area contributed by atoms with Gasteiger partial charge < -0.3 is 4.90 Å². The van der Waals surface area contributed by atoms with Gasteiger partial charge >= 0.3 is 0 Å².